The maximum absolute atomic E-state index is 11.8. The van der Waals surface area contributed by atoms with Gasteiger partial charge in [-0.3, -0.25) is 4.39 Å². The second-order valence-corrected chi connectivity index (χ2v) is 3.83. The van der Waals surface area contributed by atoms with Crippen LogP contribution in [0.15, 0.2) is 5.38 Å². The van der Waals surface area contributed by atoms with Crippen molar-refractivity contribution in [2.24, 2.45) is 0 Å². The third kappa shape index (κ3) is 4.13. The maximum Gasteiger partial charge on any atom is 0.119 e. The molecule has 0 saturated heterocycles. The number of rotatable bonds is 7. The Morgan fingerprint density at radius 3 is 3.21 bits per heavy atom. The number of hydrogen-bond donors (Lipinski definition) is 1. The molecular formula is C9H15FN2OS. The van der Waals surface area contributed by atoms with Crippen LogP contribution in [0.4, 0.5) is 4.39 Å². The summed E-state index contributed by atoms with van der Waals surface area (Å²) in [5, 5.41) is 6.10. The Morgan fingerprint density at radius 1 is 1.64 bits per heavy atom. The zero-order chi connectivity index (χ0) is 10.2. The number of thiazole rings is 1. The summed E-state index contributed by atoms with van der Waals surface area (Å²) in [4.78, 5) is 4.33. The van der Waals surface area contributed by atoms with Gasteiger partial charge in [0.1, 0.15) is 5.01 Å². The molecule has 14 heavy (non-hydrogen) atoms. The second kappa shape index (κ2) is 6.86. The molecule has 1 rings (SSSR count). The average molecular weight is 218 g/mol. The van der Waals surface area contributed by atoms with Gasteiger partial charge in [0.15, 0.2) is 0 Å². The number of hydrogen-bond acceptors (Lipinski definition) is 4. The number of methoxy groups -OCH3 is 1. The van der Waals surface area contributed by atoms with Crippen LogP contribution in [-0.4, -0.2) is 25.3 Å². The molecule has 5 heteroatoms. The summed E-state index contributed by atoms with van der Waals surface area (Å²) in [5.74, 6) is 0. The SMILES string of the molecule is COCc1nc(CNCCCF)cs1. The molecule has 0 spiro atoms. The molecular weight excluding hydrogens is 203 g/mol. The van der Waals surface area contributed by atoms with Gasteiger partial charge in [-0.2, -0.15) is 0 Å². The normalized spacial score (nSPS) is 10.7. The van der Waals surface area contributed by atoms with Crippen molar-refractivity contribution in [3.63, 3.8) is 0 Å². The van der Waals surface area contributed by atoms with Gasteiger partial charge in [-0.15, -0.1) is 11.3 Å². The van der Waals surface area contributed by atoms with Crippen LogP contribution in [0.25, 0.3) is 0 Å². The molecule has 1 aromatic heterocycles. The zero-order valence-corrected chi connectivity index (χ0v) is 9.07. The van der Waals surface area contributed by atoms with Gasteiger partial charge in [0.05, 0.1) is 19.0 Å². The minimum atomic E-state index is -0.265. The number of alkyl halides is 1. The molecule has 0 atom stereocenters. The summed E-state index contributed by atoms with van der Waals surface area (Å²) in [5.41, 5.74) is 1.00. The molecule has 0 aromatic carbocycles. The summed E-state index contributed by atoms with van der Waals surface area (Å²) < 4.78 is 16.7. The van der Waals surface area contributed by atoms with Crippen molar-refractivity contribution in [3.05, 3.63) is 16.1 Å². The number of ether oxygens (including phenoxy) is 1. The highest BCUT2D eigenvalue weighted by molar-refractivity contribution is 7.09. The standard InChI is InChI=1S/C9H15FN2OS/c1-13-6-9-12-8(7-14-9)5-11-4-2-3-10/h7,11H,2-6H2,1H3. The van der Waals surface area contributed by atoms with E-state index in [4.69, 9.17) is 4.74 Å². The minimum absolute atomic E-state index is 0.265. The number of nitrogens with one attached hydrogen (secondary N) is 1. The van der Waals surface area contributed by atoms with E-state index in [-0.39, 0.29) is 6.67 Å². The fraction of sp³-hybridized carbons (Fsp3) is 0.667. The van der Waals surface area contributed by atoms with E-state index in [1.807, 2.05) is 5.38 Å². The van der Waals surface area contributed by atoms with E-state index in [2.05, 4.69) is 10.3 Å². The smallest absolute Gasteiger partial charge is 0.119 e. The van der Waals surface area contributed by atoms with Crippen molar-refractivity contribution in [1.82, 2.24) is 10.3 Å². The molecule has 80 valence electrons. The average Bonchev–Trinajstić information content (AvgIpc) is 2.61. The summed E-state index contributed by atoms with van der Waals surface area (Å²) in [6.45, 7) is 1.71. The highest BCUT2D eigenvalue weighted by Crippen LogP contribution is 2.10. The Hall–Kier alpha value is -0.520. The fourth-order valence-electron chi connectivity index (χ4n) is 1.03. The molecule has 0 aliphatic carbocycles. The van der Waals surface area contributed by atoms with Gasteiger partial charge in [0.2, 0.25) is 0 Å². The van der Waals surface area contributed by atoms with Gasteiger partial charge in [-0.1, -0.05) is 0 Å². The Labute approximate surface area is 87.3 Å². The first-order valence-electron chi connectivity index (χ1n) is 4.55. The molecule has 1 N–H and O–H groups in total. The minimum Gasteiger partial charge on any atom is -0.378 e. The monoisotopic (exact) mass is 218 g/mol. The molecule has 0 saturated carbocycles. The molecule has 1 heterocycles. The van der Waals surface area contributed by atoms with Crippen LogP contribution in [0, 0.1) is 0 Å². The Bertz CT molecular complexity index is 255. The van der Waals surface area contributed by atoms with Crippen molar-refractivity contribution >= 4 is 11.3 Å². The largest absolute Gasteiger partial charge is 0.378 e. The van der Waals surface area contributed by atoms with Gasteiger partial charge in [-0.25, -0.2) is 4.98 Å². The lowest BCUT2D eigenvalue weighted by molar-refractivity contribution is 0.184. The highest BCUT2D eigenvalue weighted by atomic mass is 32.1. The van der Waals surface area contributed by atoms with Crippen LogP contribution >= 0.6 is 11.3 Å². The van der Waals surface area contributed by atoms with Gasteiger partial charge >= 0.3 is 0 Å². The number of aromatic nitrogens is 1. The first kappa shape index (κ1) is 11.6. The second-order valence-electron chi connectivity index (χ2n) is 2.88. The molecule has 0 amide bonds. The van der Waals surface area contributed by atoms with Crippen molar-refractivity contribution in [2.45, 2.75) is 19.6 Å². The Balaban J connectivity index is 2.22. The van der Waals surface area contributed by atoms with Gasteiger partial charge < -0.3 is 10.1 Å². The van der Waals surface area contributed by atoms with Gasteiger partial charge in [-0.05, 0) is 13.0 Å². The molecule has 0 aliphatic rings. The molecule has 0 fully saturated rings. The zero-order valence-electron chi connectivity index (χ0n) is 8.25. The predicted octanol–water partition coefficient (Wildman–Crippen LogP) is 1.74. The first-order valence-corrected chi connectivity index (χ1v) is 5.43. The topological polar surface area (TPSA) is 34.1 Å². The molecule has 1 aromatic rings. The lowest BCUT2D eigenvalue weighted by atomic mass is 10.4. The highest BCUT2D eigenvalue weighted by Gasteiger charge is 2.00. The van der Waals surface area contributed by atoms with E-state index in [0.29, 0.717) is 26.1 Å². The van der Waals surface area contributed by atoms with Gasteiger partial charge in [0, 0.05) is 19.0 Å². The molecule has 0 bridgehead atoms. The van der Waals surface area contributed by atoms with E-state index in [9.17, 15) is 4.39 Å². The lowest BCUT2D eigenvalue weighted by Crippen LogP contribution is -2.15. The van der Waals surface area contributed by atoms with Crippen molar-refractivity contribution in [1.29, 1.82) is 0 Å². The van der Waals surface area contributed by atoms with Gasteiger partial charge in [0.25, 0.3) is 0 Å². The maximum atomic E-state index is 11.8. The molecule has 0 radical (unpaired) electrons. The van der Waals surface area contributed by atoms with E-state index in [0.717, 1.165) is 10.7 Å². The van der Waals surface area contributed by atoms with E-state index >= 15 is 0 Å². The Kier molecular flexibility index (Phi) is 5.66. The van der Waals surface area contributed by atoms with Crippen LogP contribution in [-0.2, 0) is 17.9 Å². The summed E-state index contributed by atoms with van der Waals surface area (Å²) >= 11 is 1.59. The van der Waals surface area contributed by atoms with Crippen molar-refractivity contribution in [2.75, 3.05) is 20.3 Å². The van der Waals surface area contributed by atoms with Crippen molar-refractivity contribution < 1.29 is 9.13 Å². The van der Waals surface area contributed by atoms with Crippen LogP contribution < -0.4 is 5.32 Å². The summed E-state index contributed by atoms with van der Waals surface area (Å²) in [6.07, 6.45) is 0.565. The summed E-state index contributed by atoms with van der Waals surface area (Å²) in [6, 6.07) is 0. The lowest BCUT2D eigenvalue weighted by Gasteiger charge is -1.99. The fourth-order valence-corrected chi connectivity index (χ4v) is 1.79. The van der Waals surface area contributed by atoms with Crippen LogP contribution in [0.3, 0.4) is 0 Å². The molecule has 0 unspecified atom stereocenters. The van der Waals surface area contributed by atoms with E-state index in [1.165, 1.54) is 0 Å². The summed E-state index contributed by atoms with van der Waals surface area (Å²) in [7, 11) is 1.65. The molecule has 3 nitrogen and oxygen atoms in total. The molecule has 0 aliphatic heterocycles. The Morgan fingerprint density at radius 2 is 2.50 bits per heavy atom. The first-order chi connectivity index (χ1) is 6.86. The van der Waals surface area contributed by atoms with Crippen LogP contribution in [0.5, 0.6) is 0 Å². The third-order valence-electron chi connectivity index (χ3n) is 1.66. The number of halogens is 1. The van der Waals surface area contributed by atoms with E-state index < -0.39 is 0 Å². The quantitative estimate of drug-likeness (QED) is 0.708. The van der Waals surface area contributed by atoms with Crippen LogP contribution in [0.1, 0.15) is 17.1 Å². The number of nitrogens with zero attached hydrogens (tertiary/aromatic N) is 1. The third-order valence-corrected chi connectivity index (χ3v) is 2.53. The van der Waals surface area contributed by atoms with Crippen LogP contribution in [0.2, 0.25) is 0 Å². The van der Waals surface area contributed by atoms with E-state index in [1.54, 1.807) is 18.4 Å². The van der Waals surface area contributed by atoms with Crippen molar-refractivity contribution in [3.8, 4) is 0 Å². The predicted molar refractivity (Wildman–Crippen MR) is 55.1 cm³/mol.